The number of rotatable bonds is 5. The largest absolute Gasteiger partial charge is 0.352 e. The van der Waals surface area contributed by atoms with Crippen LogP contribution in [0.1, 0.15) is 15.9 Å². The molecule has 1 aromatic heterocycles. The lowest BCUT2D eigenvalue weighted by atomic mass is 10.2. The zero-order valence-corrected chi connectivity index (χ0v) is 10.8. The fourth-order valence-electron chi connectivity index (χ4n) is 1.74. The summed E-state index contributed by atoms with van der Waals surface area (Å²) in [5, 5.41) is 6.94. The molecule has 0 unspecified atom stereocenters. The molecule has 1 heterocycles. The second-order valence-corrected chi connectivity index (χ2v) is 4.25. The Labute approximate surface area is 111 Å². The van der Waals surface area contributed by atoms with E-state index < -0.39 is 0 Å². The molecule has 6 nitrogen and oxygen atoms in total. The van der Waals surface area contributed by atoms with Gasteiger partial charge in [0.05, 0.1) is 6.20 Å². The molecule has 2 rings (SSSR count). The van der Waals surface area contributed by atoms with E-state index in [2.05, 4.69) is 15.8 Å². The molecular weight excluding hydrogens is 242 g/mol. The van der Waals surface area contributed by atoms with Crippen molar-refractivity contribution in [1.29, 1.82) is 0 Å². The highest BCUT2D eigenvalue weighted by Gasteiger charge is 2.04. The van der Waals surface area contributed by atoms with E-state index in [0.717, 1.165) is 17.7 Å². The summed E-state index contributed by atoms with van der Waals surface area (Å²) in [6.45, 7) is 0.585. The number of aromatic nitrogens is 2. The first-order valence-electron chi connectivity index (χ1n) is 6.01. The molecule has 0 saturated carbocycles. The smallest absolute Gasteiger partial charge is 0.251 e. The molecule has 0 saturated heterocycles. The van der Waals surface area contributed by atoms with Crippen LogP contribution in [0.15, 0.2) is 36.7 Å². The van der Waals surface area contributed by atoms with Crippen LogP contribution < -0.4 is 16.6 Å². The second-order valence-electron chi connectivity index (χ2n) is 4.25. The fourth-order valence-corrected chi connectivity index (χ4v) is 1.74. The number of anilines is 1. The standard InChI is InChI=1S/C13H17N5O/c1-18-9-10(8-16-18)6-7-15-13(19)11-2-4-12(17-14)5-3-11/h2-5,8-9,17H,6-7,14H2,1H3,(H,15,19). The van der Waals surface area contributed by atoms with E-state index in [9.17, 15) is 4.79 Å². The Balaban J connectivity index is 1.83. The van der Waals surface area contributed by atoms with Crippen molar-refractivity contribution in [1.82, 2.24) is 15.1 Å². The highest BCUT2D eigenvalue weighted by Crippen LogP contribution is 2.07. The van der Waals surface area contributed by atoms with Crippen LogP contribution in [0.25, 0.3) is 0 Å². The highest BCUT2D eigenvalue weighted by atomic mass is 16.1. The summed E-state index contributed by atoms with van der Waals surface area (Å²) >= 11 is 0. The number of aryl methyl sites for hydroxylation is 1. The van der Waals surface area contributed by atoms with Gasteiger partial charge in [0.15, 0.2) is 0 Å². The number of amides is 1. The van der Waals surface area contributed by atoms with E-state index in [0.29, 0.717) is 12.1 Å². The van der Waals surface area contributed by atoms with Crippen molar-refractivity contribution < 1.29 is 4.79 Å². The van der Waals surface area contributed by atoms with Gasteiger partial charge in [-0.25, -0.2) is 0 Å². The molecule has 0 aliphatic rings. The molecule has 2 aromatic rings. The van der Waals surface area contributed by atoms with Crippen LogP contribution in [-0.2, 0) is 13.5 Å². The summed E-state index contributed by atoms with van der Waals surface area (Å²) in [6.07, 6.45) is 4.50. The van der Waals surface area contributed by atoms with Gasteiger partial charge >= 0.3 is 0 Å². The molecule has 100 valence electrons. The number of carbonyl (C=O) groups excluding carboxylic acids is 1. The number of benzene rings is 1. The van der Waals surface area contributed by atoms with Crippen molar-refractivity contribution >= 4 is 11.6 Å². The maximum absolute atomic E-state index is 11.9. The predicted molar refractivity (Wildman–Crippen MR) is 73.5 cm³/mol. The summed E-state index contributed by atoms with van der Waals surface area (Å²) in [5.41, 5.74) is 5.01. The molecule has 6 heteroatoms. The van der Waals surface area contributed by atoms with E-state index in [4.69, 9.17) is 5.84 Å². The number of hydrazine groups is 1. The number of nitrogens with zero attached hydrogens (tertiary/aromatic N) is 2. The van der Waals surface area contributed by atoms with Crippen molar-refractivity contribution in [3.05, 3.63) is 47.8 Å². The van der Waals surface area contributed by atoms with Crippen molar-refractivity contribution in [2.24, 2.45) is 12.9 Å². The van der Waals surface area contributed by atoms with Crippen LogP contribution >= 0.6 is 0 Å². The molecule has 0 bridgehead atoms. The number of hydrogen-bond acceptors (Lipinski definition) is 4. The number of hydrogen-bond donors (Lipinski definition) is 3. The monoisotopic (exact) mass is 259 g/mol. The first-order valence-corrected chi connectivity index (χ1v) is 6.01. The zero-order chi connectivity index (χ0) is 13.7. The quantitative estimate of drug-likeness (QED) is 0.544. The lowest BCUT2D eigenvalue weighted by Gasteiger charge is -2.05. The molecular formula is C13H17N5O. The van der Waals surface area contributed by atoms with Gasteiger partial charge in [-0.1, -0.05) is 0 Å². The Kier molecular flexibility index (Phi) is 4.15. The number of nitrogens with one attached hydrogen (secondary N) is 2. The van der Waals surface area contributed by atoms with Gasteiger partial charge in [0.2, 0.25) is 0 Å². The van der Waals surface area contributed by atoms with Crippen LogP contribution in [0, 0.1) is 0 Å². The number of nitrogens with two attached hydrogens (primary N) is 1. The molecule has 0 fully saturated rings. The first-order chi connectivity index (χ1) is 9.19. The molecule has 0 aliphatic heterocycles. The third kappa shape index (κ3) is 3.56. The predicted octanol–water partition coefficient (Wildman–Crippen LogP) is 0.678. The van der Waals surface area contributed by atoms with Crippen LogP contribution in [-0.4, -0.2) is 22.2 Å². The van der Waals surface area contributed by atoms with Gasteiger partial charge in [0, 0.05) is 31.0 Å². The summed E-state index contributed by atoms with van der Waals surface area (Å²) in [7, 11) is 1.87. The van der Waals surface area contributed by atoms with Gasteiger partial charge in [0.1, 0.15) is 0 Å². The average Bonchev–Trinajstić information content (AvgIpc) is 2.84. The van der Waals surface area contributed by atoms with Gasteiger partial charge in [-0.05, 0) is 36.2 Å². The number of nitrogen functional groups attached to an aromatic ring is 1. The Morgan fingerprint density at radius 1 is 1.37 bits per heavy atom. The molecule has 1 aromatic carbocycles. The molecule has 19 heavy (non-hydrogen) atoms. The Bertz CT molecular complexity index is 546. The van der Waals surface area contributed by atoms with E-state index in [1.807, 2.05) is 13.2 Å². The van der Waals surface area contributed by atoms with Crippen LogP contribution in [0.3, 0.4) is 0 Å². The minimum Gasteiger partial charge on any atom is -0.352 e. The van der Waals surface area contributed by atoms with Crippen molar-refractivity contribution in [2.45, 2.75) is 6.42 Å². The second kappa shape index (κ2) is 6.01. The third-order valence-electron chi connectivity index (χ3n) is 2.77. The lowest BCUT2D eigenvalue weighted by Crippen LogP contribution is -2.25. The maximum Gasteiger partial charge on any atom is 0.251 e. The summed E-state index contributed by atoms with van der Waals surface area (Å²) < 4.78 is 1.75. The van der Waals surface area contributed by atoms with Gasteiger partial charge in [0.25, 0.3) is 5.91 Å². The SMILES string of the molecule is Cn1cc(CCNC(=O)c2ccc(NN)cc2)cn1. The van der Waals surface area contributed by atoms with Gasteiger partial charge in [-0.15, -0.1) is 0 Å². The zero-order valence-electron chi connectivity index (χ0n) is 10.8. The van der Waals surface area contributed by atoms with Gasteiger partial charge in [-0.2, -0.15) is 5.10 Å². The highest BCUT2D eigenvalue weighted by molar-refractivity contribution is 5.94. The average molecular weight is 259 g/mol. The normalized spacial score (nSPS) is 10.2. The Morgan fingerprint density at radius 3 is 2.68 bits per heavy atom. The van der Waals surface area contributed by atoms with E-state index in [1.54, 1.807) is 35.1 Å². The van der Waals surface area contributed by atoms with Crippen molar-refractivity contribution in [3.8, 4) is 0 Å². The van der Waals surface area contributed by atoms with Gasteiger partial charge < -0.3 is 10.7 Å². The van der Waals surface area contributed by atoms with E-state index >= 15 is 0 Å². The molecule has 1 amide bonds. The molecule has 0 atom stereocenters. The summed E-state index contributed by atoms with van der Waals surface area (Å²) in [6, 6.07) is 6.98. The first kappa shape index (κ1) is 13.1. The third-order valence-corrected chi connectivity index (χ3v) is 2.77. The summed E-state index contributed by atoms with van der Waals surface area (Å²) in [4.78, 5) is 11.9. The van der Waals surface area contributed by atoms with E-state index in [1.165, 1.54) is 0 Å². The minimum atomic E-state index is -0.0903. The fraction of sp³-hybridized carbons (Fsp3) is 0.231. The molecule has 4 N–H and O–H groups in total. The minimum absolute atomic E-state index is 0.0903. The molecule has 0 radical (unpaired) electrons. The lowest BCUT2D eigenvalue weighted by molar-refractivity contribution is 0.0954. The molecule has 0 aliphatic carbocycles. The van der Waals surface area contributed by atoms with Crippen molar-refractivity contribution in [3.63, 3.8) is 0 Å². The van der Waals surface area contributed by atoms with Gasteiger partial charge in [-0.3, -0.25) is 15.3 Å². The topological polar surface area (TPSA) is 85.0 Å². The molecule has 0 spiro atoms. The van der Waals surface area contributed by atoms with Crippen molar-refractivity contribution in [2.75, 3.05) is 12.0 Å². The Hall–Kier alpha value is -2.34. The van der Waals surface area contributed by atoms with Crippen LogP contribution in [0.2, 0.25) is 0 Å². The Morgan fingerprint density at radius 2 is 2.11 bits per heavy atom. The maximum atomic E-state index is 11.9. The van der Waals surface area contributed by atoms with E-state index in [-0.39, 0.29) is 5.91 Å². The number of carbonyl (C=O) groups is 1. The summed E-state index contributed by atoms with van der Waals surface area (Å²) in [5.74, 6) is 5.17. The van der Waals surface area contributed by atoms with Crippen LogP contribution in [0.5, 0.6) is 0 Å². The van der Waals surface area contributed by atoms with Crippen LogP contribution in [0.4, 0.5) is 5.69 Å².